The maximum Gasteiger partial charge on any atom is 0.341 e. The van der Waals surface area contributed by atoms with Crippen LogP contribution < -0.4 is 10.6 Å². The molecule has 1 aromatic heterocycles. The first-order valence-electron chi connectivity index (χ1n) is 8.78. The van der Waals surface area contributed by atoms with E-state index in [-0.39, 0.29) is 12.0 Å². The first-order chi connectivity index (χ1) is 12.5. The van der Waals surface area contributed by atoms with Crippen molar-refractivity contribution in [3.63, 3.8) is 0 Å². The van der Waals surface area contributed by atoms with Crippen LogP contribution in [0.15, 0.2) is 30.3 Å². The number of ether oxygens (including phenoxy) is 1. The smallest absolute Gasteiger partial charge is 0.341 e. The van der Waals surface area contributed by atoms with Crippen molar-refractivity contribution < 1.29 is 9.53 Å². The van der Waals surface area contributed by atoms with Crippen molar-refractivity contribution in [1.29, 1.82) is 0 Å². The molecule has 0 spiro atoms. The second kappa shape index (κ2) is 9.69. The van der Waals surface area contributed by atoms with E-state index in [9.17, 15) is 4.79 Å². The molecule has 0 radical (unpaired) electrons. The third-order valence-electron chi connectivity index (χ3n) is 4.27. The van der Waals surface area contributed by atoms with Gasteiger partial charge in [0.15, 0.2) is 5.11 Å². The Kier molecular flexibility index (Phi) is 7.60. The lowest BCUT2D eigenvalue weighted by molar-refractivity contribution is 0.0601. The molecule has 1 unspecified atom stereocenters. The van der Waals surface area contributed by atoms with Gasteiger partial charge in [0, 0.05) is 10.9 Å². The number of esters is 1. The Morgan fingerprint density at radius 1 is 1.31 bits per heavy atom. The molecule has 6 heteroatoms. The standard InChI is InChI=1S/C20H26N2O2S2/c1-5-16-14(3)26-18(17(16)19(23)24-4)22-20(25)21-13(2)11-12-15-9-7-6-8-10-15/h6-10,13H,5,11-12H2,1-4H3,(H2,21,22,25). The number of methoxy groups -OCH3 is 1. The summed E-state index contributed by atoms with van der Waals surface area (Å²) in [6, 6.07) is 10.6. The molecule has 2 aromatic rings. The highest BCUT2D eigenvalue weighted by atomic mass is 32.1. The van der Waals surface area contributed by atoms with Gasteiger partial charge in [-0.15, -0.1) is 11.3 Å². The van der Waals surface area contributed by atoms with Gasteiger partial charge in [-0.05, 0) is 56.5 Å². The fourth-order valence-corrected chi connectivity index (χ4v) is 4.38. The second-order valence-electron chi connectivity index (χ2n) is 6.21. The van der Waals surface area contributed by atoms with Gasteiger partial charge in [0.2, 0.25) is 0 Å². The number of aryl methyl sites for hydroxylation is 2. The van der Waals surface area contributed by atoms with Crippen LogP contribution in [-0.4, -0.2) is 24.2 Å². The Balaban J connectivity index is 1.98. The minimum atomic E-state index is -0.325. The van der Waals surface area contributed by atoms with E-state index in [1.165, 1.54) is 24.0 Å². The van der Waals surface area contributed by atoms with Gasteiger partial charge in [0.05, 0.1) is 12.7 Å². The van der Waals surface area contributed by atoms with Crippen LogP contribution in [0.4, 0.5) is 5.00 Å². The van der Waals surface area contributed by atoms with Gasteiger partial charge in [-0.2, -0.15) is 0 Å². The molecule has 140 valence electrons. The largest absolute Gasteiger partial charge is 0.465 e. The molecule has 0 aliphatic heterocycles. The Bertz CT molecular complexity index is 757. The minimum Gasteiger partial charge on any atom is -0.465 e. The second-order valence-corrected chi connectivity index (χ2v) is 7.84. The summed E-state index contributed by atoms with van der Waals surface area (Å²) >= 11 is 6.98. The van der Waals surface area contributed by atoms with Crippen LogP contribution >= 0.6 is 23.6 Å². The average molecular weight is 391 g/mol. The normalized spacial score (nSPS) is 11.7. The van der Waals surface area contributed by atoms with E-state index in [1.807, 2.05) is 19.9 Å². The van der Waals surface area contributed by atoms with Crippen molar-refractivity contribution in [3.8, 4) is 0 Å². The first-order valence-corrected chi connectivity index (χ1v) is 10.0. The highest BCUT2D eigenvalue weighted by Crippen LogP contribution is 2.33. The van der Waals surface area contributed by atoms with E-state index in [0.717, 1.165) is 34.7 Å². The van der Waals surface area contributed by atoms with Gasteiger partial charge in [0.25, 0.3) is 0 Å². The fraction of sp³-hybridized carbons (Fsp3) is 0.400. The van der Waals surface area contributed by atoms with Crippen molar-refractivity contribution in [2.45, 2.75) is 46.1 Å². The van der Waals surface area contributed by atoms with Gasteiger partial charge in [-0.25, -0.2) is 4.79 Å². The summed E-state index contributed by atoms with van der Waals surface area (Å²) in [4.78, 5) is 13.3. The summed E-state index contributed by atoms with van der Waals surface area (Å²) in [5.41, 5.74) is 2.93. The van der Waals surface area contributed by atoms with Gasteiger partial charge >= 0.3 is 5.97 Å². The third-order valence-corrected chi connectivity index (χ3v) is 5.55. The van der Waals surface area contributed by atoms with Crippen LogP contribution in [0.2, 0.25) is 0 Å². The summed E-state index contributed by atoms with van der Waals surface area (Å²) in [6.45, 7) is 6.16. The summed E-state index contributed by atoms with van der Waals surface area (Å²) in [5.74, 6) is -0.325. The molecule has 1 heterocycles. The Hall–Kier alpha value is -1.92. The molecule has 0 aliphatic rings. The highest BCUT2D eigenvalue weighted by Gasteiger charge is 2.22. The van der Waals surface area contributed by atoms with Gasteiger partial charge in [-0.1, -0.05) is 37.3 Å². The number of hydrogen-bond acceptors (Lipinski definition) is 4. The Labute approximate surface area is 165 Å². The molecule has 0 saturated carbocycles. The molecular formula is C20H26N2O2S2. The molecule has 0 bridgehead atoms. The summed E-state index contributed by atoms with van der Waals surface area (Å²) in [6.07, 6.45) is 2.74. The van der Waals surface area contributed by atoms with E-state index in [2.05, 4.69) is 41.8 Å². The number of thiophene rings is 1. The van der Waals surface area contributed by atoms with E-state index >= 15 is 0 Å². The minimum absolute atomic E-state index is 0.225. The number of anilines is 1. The number of carbonyl (C=O) groups is 1. The van der Waals surface area contributed by atoms with Crippen molar-refractivity contribution in [1.82, 2.24) is 5.32 Å². The van der Waals surface area contributed by atoms with Crippen molar-refractivity contribution in [2.75, 3.05) is 12.4 Å². The molecule has 0 fully saturated rings. The lowest BCUT2D eigenvalue weighted by atomic mass is 10.1. The number of thiocarbonyl (C=S) groups is 1. The number of carbonyl (C=O) groups excluding carboxylic acids is 1. The number of nitrogens with one attached hydrogen (secondary N) is 2. The maximum absolute atomic E-state index is 12.2. The van der Waals surface area contributed by atoms with Crippen LogP contribution in [0.3, 0.4) is 0 Å². The van der Waals surface area contributed by atoms with Gasteiger partial charge in [-0.3, -0.25) is 0 Å². The lowest BCUT2D eigenvalue weighted by Crippen LogP contribution is -2.36. The predicted octanol–water partition coefficient (Wildman–Crippen LogP) is 4.71. The zero-order valence-corrected chi connectivity index (χ0v) is 17.4. The van der Waals surface area contributed by atoms with Crippen LogP contribution in [-0.2, 0) is 17.6 Å². The van der Waals surface area contributed by atoms with E-state index in [1.54, 1.807) is 0 Å². The summed E-state index contributed by atoms with van der Waals surface area (Å²) in [5, 5.41) is 7.77. The fourth-order valence-electron chi connectivity index (χ4n) is 2.87. The lowest BCUT2D eigenvalue weighted by Gasteiger charge is -2.17. The zero-order valence-electron chi connectivity index (χ0n) is 15.7. The topological polar surface area (TPSA) is 50.4 Å². The van der Waals surface area contributed by atoms with Crippen molar-refractivity contribution in [3.05, 3.63) is 51.9 Å². The average Bonchev–Trinajstić information content (AvgIpc) is 2.94. The predicted molar refractivity (Wildman–Crippen MR) is 113 cm³/mol. The first kappa shape index (κ1) is 20.4. The van der Waals surface area contributed by atoms with Crippen LogP contribution in [0.1, 0.15) is 46.6 Å². The highest BCUT2D eigenvalue weighted by molar-refractivity contribution is 7.80. The molecule has 0 amide bonds. The summed E-state index contributed by atoms with van der Waals surface area (Å²) < 4.78 is 4.95. The van der Waals surface area contributed by atoms with Crippen molar-refractivity contribution in [2.24, 2.45) is 0 Å². The monoisotopic (exact) mass is 390 g/mol. The van der Waals surface area contributed by atoms with E-state index in [0.29, 0.717) is 10.7 Å². The molecule has 1 atom stereocenters. The molecule has 4 nitrogen and oxygen atoms in total. The molecular weight excluding hydrogens is 364 g/mol. The SMILES string of the molecule is CCc1c(C)sc(NC(=S)NC(C)CCc2ccccc2)c1C(=O)OC. The molecule has 2 rings (SSSR count). The Morgan fingerprint density at radius 2 is 2.00 bits per heavy atom. The molecule has 26 heavy (non-hydrogen) atoms. The Morgan fingerprint density at radius 3 is 2.62 bits per heavy atom. The van der Waals surface area contributed by atoms with Crippen molar-refractivity contribution >= 4 is 39.6 Å². The number of rotatable bonds is 7. The van der Waals surface area contributed by atoms with Crippen LogP contribution in [0.25, 0.3) is 0 Å². The van der Waals surface area contributed by atoms with E-state index in [4.69, 9.17) is 17.0 Å². The van der Waals surface area contributed by atoms with Crippen LogP contribution in [0.5, 0.6) is 0 Å². The molecule has 2 N–H and O–H groups in total. The number of hydrogen-bond donors (Lipinski definition) is 2. The number of benzene rings is 1. The summed E-state index contributed by atoms with van der Waals surface area (Å²) in [7, 11) is 1.40. The maximum atomic E-state index is 12.2. The van der Waals surface area contributed by atoms with Crippen LogP contribution in [0, 0.1) is 6.92 Å². The molecule has 0 saturated heterocycles. The molecule has 0 aliphatic carbocycles. The van der Waals surface area contributed by atoms with E-state index < -0.39 is 0 Å². The zero-order chi connectivity index (χ0) is 19.1. The third kappa shape index (κ3) is 5.29. The molecule has 1 aromatic carbocycles. The van der Waals surface area contributed by atoms with Gasteiger partial charge < -0.3 is 15.4 Å². The quantitative estimate of drug-likeness (QED) is 0.529. The van der Waals surface area contributed by atoms with Gasteiger partial charge in [0.1, 0.15) is 5.00 Å².